The lowest BCUT2D eigenvalue weighted by Gasteiger charge is -2.36. The quantitative estimate of drug-likeness (QED) is 0.876. The Hall–Kier alpha value is -1.71. The number of pyridine rings is 1. The average molecular weight is 323 g/mol. The zero-order chi connectivity index (χ0) is 16.8. The second kappa shape index (κ2) is 8.41. The number of likely N-dealkylation sites (tertiary alicyclic amines) is 1. The first-order valence-corrected chi connectivity index (χ1v) is 9.17. The molecule has 1 aliphatic rings. The summed E-state index contributed by atoms with van der Waals surface area (Å²) in [6.45, 7) is 6.98. The maximum atomic E-state index is 4.52. The Morgan fingerprint density at radius 2 is 1.75 bits per heavy atom. The number of hydrogen-bond acceptors (Lipinski definition) is 3. The highest BCUT2D eigenvalue weighted by atomic mass is 15.2. The normalized spacial score (nSPS) is 18.0. The predicted octanol–water partition coefficient (Wildman–Crippen LogP) is 3.83. The number of rotatable bonds is 6. The third-order valence-corrected chi connectivity index (χ3v) is 5.04. The Morgan fingerprint density at radius 1 is 1.04 bits per heavy atom. The van der Waals surface area contributed by atoms with Crippen molar-refractivity contribution in [2.24, 2.45) is 0 Å². The van der Waals surface area contributed by atoms with Gasteiger partial charge in [0.05, 0.1) is 0 Å². The van der Waals surface area contributed by atoms with Crippen LogP contribution in [0.15, 0.2) is 54.7 Å². The second-order valence-electron chi connectivity index (χ2n) is 7.06. The molecule has 1 fully saturated rings. The van der Waals surface area contributed by atoms with Crippen molar-refractivity contribution in [2.45, 2.75) is 51.2 Å². The number of aromatic nitrogens is 1. The summed E-state index contributed by atoms with van der Waals surface area (Å²) in [5, 5.41) is 3.91. The molecule has 1 unspecified atom stereocenters. The van der Waals surface area contributed by atoms with Crippen LogP contribution in [0.1, 0.15) is 44.0 Å². The fraction of sp³-hybridized carbons (Fsp3) is 0.476. The molecule has 0 amide bonds. The molecule has 0 radical (unpaired) electrons. The van der Waals surface area contributed by atoms with Gasteiger partial charge in [0.2, 0.25) is 0 Å². The average Bonchev–Trinajstić information content (AvgIpc) is 2.63. The Kier molecular flexibility index (Phi) is 6.00. The van der Waals surface area contributed by atoms with E-state index >= 15 is 0 Å². The molecule has 0 bridgehead atoms. The highest BCUT2D eigenvalue weighted by Gasteiger charge is 2.23. The van der Waals surface area contributed by atoms with Gasteiger partial charge in [0.1, 0.15) is 0 Å². The fourth-order valence-corrected chi connectivity index (χ4v) is 3.55. The topological polar surface area (TPSA) is 28.2 Å². The molecule has 0 spiro atoms. The second-order valence-corrected chi connectivity index (χ2v) is 7.06. The minimum Gasteiger partial charge on any atom is -0.307 e. The summed E-state index contributed by atoms with van der Waals surface area (Å²) in [5.74, 6) is 0. The lowest BCUT2D eigenvalue weighted by Crippen LogP contribution is -2.46. The van der Waals surface area contributed by atoms with E-state index in [0.717, 1.165) is 12.1 Å². The van der Waals surface area contributed by atoms with E-state index in [1.165, 1.54) is 31.5 Å². The molecule has 1 aromatic carbocycles. The predicted molar refractivity (Wildman–Crippen MR) is 100.0 cm³/mol. The van der Waals surface area contributed by atoms with Crippen LogP contribution in [0.2, 0.25) is 0 Å². The van der Waals surface area contributed by atoms with Crippen molar-refractivity contribution < 1.29 is 0 Å². The zero-order valence-electron chi connectivity index (χ0n) is 14.9. The van der Waals surface area contributed by atoms with Gasteiger partial charge in [-0.3, -0.25) is 4.98 Å². The minimum absolute atomic E-state index is 0.330. The molecule has 3 heteroatoms. The van der Waals surface area contributed by atoms with Crippen molar-refractivity contribution in [2.75, 3.05) is 13.1 Å². The third-order valence-electron chi connectivity index (χ3n) is 5.04. The highest BCUT2D eigenvalue weighted by molar-refractivity contribution is 5.21. The van der Waals surface area contributed by atoms with Crippen molar-refractivity contribution in [1.29, 1.82) is 0 Å². The number of nitrogens with one attached hydrogen (secondary N) is 1. The molecule has 1 saturated heterocycles. The first-order valence-electron chi connectivity index (χ1n) is 9.17. The van der Waals surface area contributed by atoms with Gasteiger partial charge >= 0.3 is 0 Å². The Bertz CT molecular complexity index is 589. The lowest BCUT2D eigenvalue weighted by atomic mass is 9.97. The zero-order valence-corrected chi connectivity index (χ0v) is 14.9. The lowest BCUT2D eigenvalue weighted by molar-refractivity contribution is 0.156. The van der Waals surface area contributed by atoms with Crippen LogP contribution in [0.3, 0.4) is 0 Å². The first-order chi connectivity index (χ1) is 11.7. The Labute approximate surface area is 146 Å². The van der Waals surface area contributed by atoms with Crippen LogP contribution in [0, 0.1) is 0 Å². The van der Waals surface area contributed by atoms with E-state index in [1.54, 1.807) is 0 Å². The summed E-state index contributed by atoms with van der Waals surface area (Å²) in [7, 11) is 0. The van der Waals surface area contributed by atoms with Crippen molar-refractivity contribution in [3.8, 4) is 0 Å². The van der Waals surface area contributed by atoms with Crippen LogP contribution in [0.4, 0.5) is 0 Å². The molecular formula is C21H29N3. The van der Waals surface area contributed by atoms with Gasteiger partial charge in [-0.25, -0.2) is 0 Å². The van der Waals surface area contributed by atoms with Crippen LogP contribution in [0.5, 0.6) is 0 Å². The van der Waals surface area contributed by atoms with E-state index in [9.17, 15) is 0 Å². The maximum absolute atomic E-state index is 4.52. The standard InChI is InChI=1S/C21H29N3/c1-17(2)24-14-11-19(12-15-24)23-21(18-8-4-3-5-9-18)16-20-10-6-7-13-22-20/h3-10,13,17,19,21,23H,11-12,14-16H2,1-2H3. The minimum atomic E-state index is 0.330. The van der Waals surface area contributed by atoms with E-state index in [4.69, 9.17) is 0 Å². The van der Waals surface area contributed by atoms with E-state index in [-0.39, 0.29) is 0 Å². The number of benzene rings is 1. The molecular weight excluding hydrogens is 294 g/mol. The molecule has 3 rings (SSSR count). The summed E-state index contributed by atoms with van der Waals surface area (Å²) < 4.78 is 0. The van der Waals surface area contributed by atoms with Crippen LogP contribution in [-0.4, -0.2) is 35.1 Å². The summed E-state index contributed by atoms with van der Waals surface area (Å²) in [4.78, 5) is 7.10. The molecule has 2 aromatic rings. The summed E-state index contributed by atoms with van der Waals surface area (Å²) in [6.07, 6.45) is 5.28. The first kappa shape index (κ1) is 17.1. The Morgan fingerprint density at radius 3 is 2.38 bits per heavy atom. The van der Waals surface area contributed by atoms with E-state index in [1.807, 2.05) is 12.3 Å². The largest absolute Gasteiger partial charge is 0.307 e. The molecule has 2 heterocycles. The smallest absolute Gasteiger partial charge is 0.0422 e. The van der Waals surface area contributed by atoms with Crippen molar-refractivity contribution >= 4 is 0 Å². The molecule has 0 saturated carbocycles. The molecule has 3 nitrogen and oxygen atoms in total. The van der Waals surface area contributed by atoms with Gasteiger partial charge in [-0.05, 0) is 57.5 Å². The van der Waals surface area contributed by atoms with Gasteiger partial charge in [0.25, 0.3) is 0 Å². The van der Waals surface area contributed by atoms with Gasteiger partial charge in [-0.15, -0.1) is 0 Å². The van der Waals surface area contributed by atoms with Crippen molar-refractivity contribution in [1.82, 2.24) is 15.2 Å². The van der Waals surface area contributed by atoms with Crippen LogP contribution < -0.4 is 5.32 Å². The summed E-state index contributed by atoms with van der Waals surface area (Å²) >= 11 is 0. The highest BCUT2D eigenvalue weighted by Crippen LogP contribution is 2.21. The molecule has 24 heavy (non-hydrogen) atoms. The van der Waals surface area contributed by atoms with E-state index in [0.29, 0.717) is 18.1 Å². The van der Waals surface area contributed by atoms with Gasteiger partial charge < -0.3 is 10.2 Å². The van der Waals surface area contributed by atoms with Crippen LogP contribution in [-0.2, 0) is 6.42 Å². The molecule has 1 N–H and O–H groups in total. The molecule has 1 aliphatic heterocycles. The monoisotopic (exact) mass is 323 g/mol. The fourth-order valence-electron chi connectivity index (χ4n) is 3.55. The van der Waals surface area contributed by atoms with E-state index in [2.05, 4.69) is 71.5 Å². The summed E-state index contributed by atoms with van der Waals surface area (Å²) in [6, 6.07) is 18.6. The van der Waals surface area contributed by atoms with Gasteiger partial charge in [-0.2, -0.15) is 0 Å². The van der Waals surface area contributed by atoms with Crippen molar-refractivity contribution in [3.63, 3.8) is 0 Å². The number of nitrogens with zero attached hydrogens (tertiary/aromatic N) is 2. The third kappa shape index (κ3) is 4.65. The Balaban J connectivity index is 1.67. The van der Waals surface area contributed by atoms with Crippen LogP contribution in [0.25, 0.3) is 0 Å². The SMILES string of the molecule is CC(C)N1CCC(NC(Cc2ccccn2)c2ccccc2)CC1. The van der Waals surface area contributed by atoms with Gasteiger partial charge in [0.15, 0.2) is 0 Å². The number of piperidine rings is 1. The summed E-state index contributed by atoms with van der Waals surface area (Å²) in [5.41, 5.74) is 2.51. The van der Waals surface area contributed by atoms with Gasteiger partial charge in [0, 0.05) is 36.4 Å². The van der Waals surface area contributed by atoms with Crippen molar-refractivity contribution in [3.05, 3.63) is 66.0 Å². The molecule has 1 aromatic heterocycles. The van der Waals surface area contributed by atoms with Gasteiger partial charge in [-0.1, -0.05) is 36.4 Å². The molecule has 0 aliphatic carbocycles. The van der Waals surface area contributed by atoms with Crippen LogP contribution >= 0.6 is 0 Å². The molecule has 1 atom stereocenters. The maximum Gasteiger partial charge on any atom is 0.0422 e. The number of hydrogen-bond donors (Lipinski definition) is 1. The molecule has 128 valence electrons. The van der Waals surface area contributed by atoms with E-state index < -0.39 is 0 Å².